The van der Waals surface area contributed by atoms with Gasteiger partial charge in [0.25, 0.3) is 5.91 Å². The second-order valence-corrected chi connectivity index (χ2v) is 7.56. The predicted molar refractivity (Wildman–Crippen MR) is 103 cm³/mol. The largest absolute Gasteiger partial charge is 0.480 e. The summed E-state index contributed by atoms with van der Waals surface area (Å²) in [5.74, 6) is 0.946. The Morgan fingerprint density at radius 1 is 1.38 bits per heavy atom. The second-order valence-electron chi connectivity index (χ2n) is 7.15. The fourth-order valence-corrected chi connectivity index (χ4v) is 3.91. The van der Waals surface area contributed by atoms with E-state index >= 15 is 0 Å². The van der Waals surface area contributed by atoms with E-state index in [1.807, 2.05) is 0 Å². The quantitative estimate of drug-likeness (QED) is 0.716. The number of pyridine rings is 1. The van der Waals surface area contributed by atoms with E-state index in [0.717, 1.165) is 44.9 Å². The van der Waals surface area contributed by atoms with E-state index in [1.54, 1.807) is 0 Å². The Bertz CT molecular complexity index is 628. The second kappa shape index (κ2) is 8.88. The maximum atomic E-state index is 12.6. The van der Waals surface area contributed by atoms with Crippen LogP contribution in [0.25, 0.3) is 0 Å². The number of rotatable bonds is 5. The van der Waals surface area contributed by atoms with E-state index in [1.165, 1.54) is 32.6 Å². The summed E-state index contributed by atoms with van der Waals surface area (Å²) in [6, 6.07) is 1.68. The number of nitrogens with zero attached hydrogens (tertiary/aromatic N) is 2. The number of nitrogens with two attached hydrogens (primary N) is 1. The third kappa shape index (κ3) is 4.78. The van der Waals surface area contributed by atoms with Crippen molar-refractivity contribution in [1.82, 2.24) is 20.5 Å². The Kier molecular flexibility index (Phi) is 6.56. The van der Waals surface area contributed by atoms with Crippen LogP contribution in [0.3, 0.4) is 0 Å². The topological polar surface area (TPSA) is 92.5 Å². The summed E-state index contributed by atoms with van der Waals surface area (Å²) in [5.41, 5.74) is 6.00. The third-order valence-electron chi connectivity index (χ3n) is 5.30. The number of carbonyl (C=O) groups excluding carboxylic acids is 1. The number of hydrogen-bond donors (Lipinski definition) is 3. The average molecular weight is 382 g/mol. The number of anilines is 1. The maximum absolute atomic E-state index is 12.6. The molecule has 0 unspecified atom stereocenters. The van der Waals surface area contributed by atoms with Crippen molar-refractivity contribution in [2.75, 3.05) is 45.6 Å². The number of likely N-dealkylation sites (tertiary alicyclic amines) is 1. The Labute approximate surface area is 159 Å². The van der Waals surface area contributed by atoms with Crippen LogP contribution in [0.5, 0.6) is 5.88 Å². The fourth-order valence-electron chi connectivity index (χ4n) is 3.76. The zero-order chi connectivity index (χ0) is 18.5. The lowest BCUT2D eigenvalue weighted by molar-refractivity contribution is 0.0898. The molecule has 3 rings (SSSR count). The van der Waals surface area contributed by atoms with Gasteiger partial charge in [0.2, 0.25) is 5.88 Å². The first-order chi connectivity index (χ1) is 12.6. The van der Waals surface area contributed by atoms with Gasteiger partial charge >= 0.3 is 0 Å². The third-order valence-corrected chi connectivity index (χ3v) is 5.61. The van der Waals surface area contributed by atoms with Crippen LogP contribution in [0.15, 0.2) is 6.07 Å². The van der Waals surface area contributed by atoms with Crippen molar-refractivity contribution >= 4 is 23.3 Å². The lowest BCUT2D eigenvalue weighted by Gasteiger charge is -2.35. The van der Waals surface area contributed by atoms with E-state index in [4.69, 9.17) is 22.1 Å². The molecule has 0 saturated carbocycles. The molecule has 2 saturated heterocycles. The number of nitrogen functional groups attached to an aromatic ring is 1. The molecule has 3 heterocycles. The van der Waals surface area contributed by atoms with Crippen molar-refractivity contribution in [3.63, 3.8) is 0 Å². The van der Waals surface area contributed by atoms with Crippen LogP contribution in [-0.2, 0) is 0 Å². The van der Waals surface area contributed by atoms with E-state index in [0.29, 0.717) is 5.56 Å². The van der Waals surface area contributed by atoms with Crippen molar-refractivity contribution in [2.24, 2.45) is 5.92 Å². The maximum Gasteiger partial charge on any atom is 0.257 e. The number of halogens is 1. The number of aromatic nitrogens is 1. The van der Waals surface area contributed by atoms with Crippen LogP contribution >= 0.6 is 11.6 Å². The normalized spacial score (nSPS) is 20.1. The highest BCUT2D eigenvalue weighted by molar-refractivity contribution is 6.33. The minimum atomic E-state index is -0.215. The molecule has 7 nitrogen and oxygen atoms in total. The first kappa shape index (κ1) is 19.2. The number of ether oxygens (including phenoxy) is 1. The molecule has 0 spiro atoms. The Hall–Kier alpha value is -1.57. The Morgan fingerprint density at radius 2 is 2.08 bits per heavy atom. The molecular formula is C18H28ClN5O2. The van der Waals surface area contributed by atoms with Crippen LogP contribution in [0, 0.1) is 5.92 Å². The number of carbonyl (C=O) groups is 1. The summed E-state index contributed by atoms with van der Waals surface area (Å²) in [7, 11) is 1.46. The standard InChI is InChI=1S/C18H28ClN5O2/c1-26-18-14(10-15(19)16(20)23-18)17(25)22-13-4-8-24(9-5-13)11-12-2-6-21-7-3-12/h10,12-13,21H,2-9,11H2,1H3,(H2,20,23)(H,22,25). The van der Waals surface area contributed by atoms with Crippen LogP contribution in [0.1, 0.15) is 36.0 Å². The summed E-state index contributed by atoms with van der Waals surface area (Å²) in [6.07, 6.45) is 4.44. The van der Waals surface area contributed by atoms with E-state index < -0.39 is 0 Å². The molecule has 0 aromatic carbocycles. The van der Waals surface area contributed by atoms with Crippen LogP contribution in [0.2, 0.25) is 5.02 Å². The molecule has 2 aliphatic heterocycles. The molecular weight excluding hydrogens is 354 g/mol. The molecule has 0 radical (unpaired) electrons. The SMILES string of the molecule is COc1nc(N)c(Cl)cc1C(=O)NC1CCN(CC2CCNCC2)CC1. The van der Waals surface area contributed by atoms with E-state index in [-0.39, 0.29) is 28.7 Å². The summed E-state index contributed by atoms with van der Waals surface area (Å²) in [6.45, 7) is 5.49. The first-order valence-electron chi connectivity index (χ1n) is 9.30. The first-order valence-corrected chi connectivity index (χ1v) is 9.68. The number of piperidine rings is 2. The number of hydrogen-bond acceptors (Lipinski definition) is 6. The molecule has 144 valence electrons. The van der Waals surface area contributed by atoms with Gasteiger partial charge in [0, 0.05) is 25.7 Å². The molecule has 8 heteroatoms. The summed E-state index contributed by atoms with van der Waals surface area (Å²) in [4.78, 5) is 19.2. The lowest BCUT2D eigenvalue weighted by Crippen LogP contribution is -2.46. The monoisotopic (exact) mass is 381 g/mol. The number of nitrogens with one attached hydrogen (secondary N) is 2. The van der Waals surface area contributed by atoms with Gasteiger partial charge in [-0.05, 0) is 50.8 Å². The summed E-state index contributed by atoms with van der Waals surface area (Å²) < 4.78 is 5.17. The molecule has 2 fully saturated rings. The average Bonchev–Trinajstić information content (AvgIpc) is 2.66. The van der Waals surface area contributed by atoms with Crippen molar-refractivity contribution in [2.45, 2.75) is 31.7 Å². The van der Waals surface area contributed by atoms with Crippen molar-refractivity contribution in [3.8, 4) is 5.88 Å². The highest BCUT2D eigenvalue weighted by atomic mass is 35.5. The van der Waals surface area contributed by atoms with Gasteiger partial charge in [0.1, 0.15) is 11.4 Å². The molecule has 0 aliphatic carbocycles. The molecule has 2 aliphatic rings. The molecule has 1 aromatic heterocycles. The minimum Gasteiger partial charge on any atom is -0.480 e. The smallest absolute Gasteiger partial charge is 0.257 e. The highest BCUT2D eigenvalue weighted by Gasteiger charge is 2.25. The van der Waals surface area contributed by atoms with Gasteiger partial charge in [-0.2, -0.15) is 4.98 Å². The highest BCUT2D eigenvalue weighted by Crippen LogP contribution is 2.25. The van der Waals surface area contributed by atoms with Crippen molar-refractivity contribution < 1.29 is 9.53 Å². The number of amides is 1. The van der Waals surface area contributed by atoms with Gasteiger partial charge in [0.15, 0.2) is 0 Å². The Morgan fingerprint density at radius 3 is 2.73 bits per heavy atom. The van der Waals surface area contributed by atoms with Crippen molar-refractivity contribution in [3.05, 3.63) is 16.7 Å². The van der Waals surface area contributed by atoms with Gasteiger partial charge in [-0.1, -0.05) is 11.6 Å². The molecule has 26 heavy (non-hydrogen) atoms. The minimum absolute atomic E-state index is 0.159. The summed E-state index contributed by atoms with van der Waals surface area (Å²) in [5, 5.41) is 6.76. The van der Waals surface area contributed by atoms with E-state index in [2.05, 4.69) is 20.5 Å². The molecule has 4 N–H and O–H groups in total. The predicted octanol–water partition coefficient (Wildman–Crippen LogP) is 1.52. The van der Waals surface area contributed by atoms with Gasteiger partial charge in [0.05, 0.1) is 12.1 Å². The van der Waals surface area contributed by atoms with Gasteiger partial charge in [-0.3, -0.25) is 4.79 Å². The molecule has 0 atom stereocenters. The zero-order valence-corrected chi connectivity index (χ0v) is 16.0. The molecule has 1 amide bonds. The zero-order valence-electron chi connectivity index (χ0n) is 15.3. The number of methoxy groups -OCH3 is 1. The summed E-state index contributed by atoms with van der Waals surface area (Å²) >= 11 is 6.01. The van der Waals surface area contributed by atoms with Gasteiger partial charge in [-0.15, -0.1) is 0 Å². The Balaban J connectivity index is 1.51. The van der Waals surface area contributed by atoms with Crippen LogP contribution in [-0.4, -0.2) is 61.7 Å². The lowest BCUT2D eigenvalue weighted by atomic mass is 9.96. The van der Waals surface area contributed by atoms with Crippen LogP contribution in [0.4, 0.5) is 5.82 Å². The fraction of sp³-hybridized carbons (Fsp3) is 0.667. The van der Waals surface area contributed by atoms with Gasteiger partial charge in [-0.25, -0.2) is 0 Å². The van der Waals surface area contributed by atoms with Gasteiger partial charge < -0.3 is 26.0 Å². The van der Waals surface area contributed by atoms with Crippen molar-refractivity contribution in [1.29, 1.82) is 0 Å². The van der Waals surface area contributed by atoms with E-state index in [9.17, 15) is 4.79 Å². The molecule has 0 bridgehead atoms. The molecule has 1 aromatic rings. The van der Waals surface area contributed by atoms with Crippen LogP contribution < -0.4 is 21.1 Å².